The fourth-order valence-electron chi connectivity index (χ4n) is 4.46. The second-order valence-electron chi connectivity index (χ2n) is 9.27. The first-order valence-electron chi connectivity index (χ1n) is 10.9. The Bertz CT molecular complexity index is 1420. The number of aliphatic hydroxyl groups is 1. The summed E-state index contributed by atoms with van der Waals surface area (Å²) in [5.74, 6) is -0.186. The third kappa shape index (κ3) is 4.77. The van der Waals surface area contributed by atoms with Crippen LogP contribution in [0.1, 0.15) is 25.8 Å². The average molecular weight is 483 g/mol. The zero-order chi connectivity index (χ0) is 25.4. The predicted molar refractivity (Wildman–Crippen MR) is 126 cm³/mol. The van der Waals surface area contributed by atoms with Gasteiger partial charge in [0.25, 0.3) is 0 Å². The van der Waals surface area contributed by atoms with E-state index in [9.17, 15) is 28.2 Å². The first kappa shape index (κ1) is 24.4. The number of halogens is 3. The van der Waals surface area contributed by atoms with Gasteiger partial charge in [0, 0.05) is 41.2 Å². The SMILES string of the molecule is CC(C)(CC(O)(Cn1ccc(=O)c2ccccc21)C(F)(F)F)c1cc(-c2cncnc2)ccc1O. The minimum Gasteiger partial charge on any atom is -0.508 e. The van der Waals surface area contributed by atoms with Crippen LogP contribution in [0, 0.1) is 0 Å². The number of rotatable bonds is 6. The summed E-state index contributed by atoms with van der Waals surface area (Å²) in [6, 6.07) is 12.1. The van der Waals surface area contributed by atoms with E-state index < -0.39 is 30.2 Å². The molecule has 4 aromatic rings. The number of para-hydroxylation sites is 1. The third-order valence-electron chi connectivity index (χ3n) is 6.20. The van der Waals surface area contributed by atoms with E-state index in [1.54, 1.807) is 36.7 Å². The molecule has 0 aliphatic carbocycles. The Morgan fingerprint density at radius 2 is 1.66 bits per heavy atom. The van der Waals surface area contributed by atoms with Crippen molar-refractivity contribution in [2.24, 2.45) is 0 Å². The first-order valence-corrected chi connectivity index (χ1v) is 10.9. The molecule has 0 radical (unpaired) electrons. The molecule has 0 fully saturated rings. The molecule has 1 unspecified atom stereocenters. The number of fused-ring (bicyclic) bond motifs is 1. The maximum absolute atomic E-state index is 14.4. The van der Waals surface area contributed by atoms with Gasteiger partial charge in [0.05, 0.1) is 12.1 Å². The Kier molecular flexibility index (Phi) is 6.14. The van der Waals surface area contributed by atoms with Crippen LogP contribution in [-0.2, 0) is 12.0 Å². The summed E-state index contributed by atoms with van der Waals surface area (Å²) in [4.78, 5) is 20.1. The maximum atomic E-state index is 14.4. The molecule has 35 heavy (non-hydrogen) atoms. The molecule has 2 N–H and O–H groups in total. The van der Waals surface area contributed by atoms with Crippen LogP contribution in [0.15, 0.2) is 78.2 Å². The van der Waals surface area contributed by atoms with E-state index in [2.05, 4.69) is 9.97 Å². The van der Waals surface area contributed by atoms with Crippen LogP contribution in [0.4, 0.5) is 13.2 Å². The topological polar surface area (TPSA) is 88.2 Å². The Morgan fingerprint density at radius 3 is 2.34 bits per heavy atom. The van der Waals surface area contributed by atoms with Crippen LogP contribution in [0.25, 0.3) is 22.0 Å². The van der Waals surface area contributed by atoms with E-state index >= 15 is 0 Å². The van der Waals surface area contributed by atoms with Crippen LogP contribution in [0.3, 0.4) is 0 Å². The molecule has 0 bridgehead atoms. The second-order valence-corrected chi connectivity index (χ2v) is 9.27. The number of hydrogen-bond acceptors (Lipinski definition) is 5. The normalized spacial score (nSPS) is 14.1. The highest BCUT2D eigenvalue weighted by Gasteiger charge is 2.56. The van der Waals surface area contributed by atoms with Crippen molar-refractivity contribution >= 4 is 10.9 Å². The summed E-state index contributed by atoms with van der Waals surface area (Å²) in [5, 5.41) is 21.9. The molecule has 0 saturated carbocycles. The van der Waals surface area contributed by atoms with Gasteiger partial charge in [-0.05, 0) is 41.7 Å². The molecule has 2 aromatic carbocycles. The van der Waals surface area contributed by atoms with Gasteiger partial charge in [0.15, 0.2) is 11.0 Å². The van der Waals surface area contributed by atoms with Crippen molar-refractivity contribution in [1.29, 1.82) is 0 Å². The lowest BCUT2D eigenvalue weighted by Crippen LogP contribution is -2.52. The highest BCUT2D eigenvalue weighted by molar-refractivity contribution is 5.78. The molecule has 182 valence electrons. The summed E-state index contributed by atoms with van der Waals surface area (Å²) < 4.78 is 44.3. The summed E-state index contributed by atoms with van der Waals surface area (Å²) in [7, 11) is 0. The molecule has 6 nitrogen and oxygen atoms in total. The Balaban J connectivity index is 1.76. The lowest BCUT2D eigenvalue weighted by atomic mass is 9.74. The molecule has 0 spiro atoms. The number of nitrogens with zero attached hydrogens (tertiary/aromatic N) is 3. The van der Waals surface area contributed by atoms with E-state index in [0.717, 1.165) is 0 Å². The number of phenolic OH excluding ortho intramolecular Hbond substituents is 1. The van der Waals surface area contributed by atoms with Gasteiger partial charge in [-0.1, -0.05) is 32.0 Å². The van der Waals surface area contributed by atoms with Crippen molar-refractivity contribution in [2.75, 3.05) is 0 Å². The molecule has 2 heterocycles. The second kappa shape index (κ2) is 8.81. The van der Waals surface area contributed by atoms with Crippen molar-refractivity contribution in [3.05, 3.63) is 89.2 Å². The van der Waals surface area contributed by atoms with Crippen LogP contribution in [0.5, 0.6) is 5.75 Å². The highest BCUT2D eigenvalue weighted by atomic mass is 19.4. The molecule has 1 atom stereocenters. The number of aromatic hydroxyl groups is 1. The molecular formula is C26H24F3N3O3. The number of phenols is 1. The molecule has 2 aromatic heterocycles. The van der Waals surface area contributed by atoms with Crippen molar-refractivity contribution in [2.45, 2.75) is 44.0 Å². The van der Waals surface area contributed by atoms with Crippen molar-refractivity contribution < 1.29 is 23.4 Å². The van der Waals surface area contributed by atoms with Gasteiger partial charge in [-0.15, -0.1) is 0 Å². The fraction of sp³-hybridized carbons (Fsp3) is 0.269. The van der Waals surface area contributed by atoms with Gasteiger partial charge < -0.3 is 14.8 Å². The van der Waals surface area contributed by atoms with Gasteiger partial charge in [0.2, 0.25) is 0 Å². The van der Waals surface area contributed by atoms with Crippen LogP contribution < -0.4 is 5.43 Å². The smallest absolute Gasteiger partial charge is 0.418 e. The summed E-state index contributed by atoms with van der Waals surface area (Å²) >= 11 is 0. The molecule has 0 saturated heterocycles. The monoisotopic (exact) mass is 483 g/mol. The van der Waals surface area contributed by atoms with Crippen molar-refractivity contribution in [3.63, 3.8) is 0 Å². The van der Waals surface area contributed by atoms with Gasteiger partial charge >= 0.3 is 6.18 Å². The summed E-state index contributed by atoms with van der Waals surface area (Å²) in [6.45, 7) is 2.24. The first-order chi connectivity index (χ1) is 16.4. The Hall–Kier alpha value is -3.72. The van der Waals surface area contributed by atoms with Crippen LogP contribution >= 0.6 is 0 Å². The van der Waals surface area contributed by atoms with E-state index in [1.807, 2.05) is 0 Å². The lowest BCUT2D eigenvalue weighted by molar-refractivity contribution is -0.271. The zero-order valence-corrected chi connectivity index (χ0v) is 19.1. The zero-order valence-electron chi connectivity index (χ0n) is 19.1. The van der Waals surface area contributed by atoms with Gasteiger partial charge in [0.1, 0.15) is 12.1 Å². The number of pyridine rings is 1. The summed E-state index contributed by atoms with van der Waals surface area (Å²) in [6.07, 6.45) is -0.00458. The van der Waals surface area contributed by atoms with Gasteiger partial charge in [-0.2, -0.15) is 13.2 Å². The predicted octanol–water partition coefficient (Wildman–Crippen LogP) is 4.83. The number of alkyl halides is 3. The largest absolute Gasteiger partial charge is 0.508 e. The minimum absolute atomic E-state index is 0.186. The van der Waals surface area contributed by atoms with Crippen LogP contribution in [-0.4, -0.2) is 36.5 Å². The number of aromatic nitrogens is 3. The maximum Gasteiger partial charge on any atom is 0.418 e. The van der Waals surface area contributed by atoms with Crippen molar-refractivity contribution in [1.82, 2.24) is 14.5 Å². The van der Waals surface area contributed by atoms with Crippen LogP contribution in [0.2, 0.25) is 0 Å². The highest BCUT2D eigenvalue weighted by Crippen LogP contribution is 2.45. The quantitative estimate of drug-likeness (QED) is 0.410. The minimum atomic E-state index is -4.99. The van der Waals surface area contributed by atoms with Gasteiger partial charge in [-0.3, -0.25) is 4.79 Å². The molecular weight excluding hydrogens is 459 g/mol. The van der Waals surface area contributed by atoms with Crippen molar-refractivity contribution in [3.8, 4) is 16.9 Å². The standard InChI is InChI=1S/C26H24F3N3O3/c1-24(2,20-11-17(7-8-23(20)34)18-12-30-16-31-13-18)14-25(35,26(27,28)29)15-32-10-9-22(33)19-5-3-4-6-21(19)32/h3-13,16,34-35H,14-15H2,1-2H3. The average Bonchev–Trinajstić information content (AvgIpc) is 2.81. The fourth-order valence-corrected chi connectivity index (χ4v) is 4.46. The Morgan fingerprint density at radius 1 is 0.971 bits per heavy atom. The van der Waals surface area contributed by atoms with E-state index in [-0.39, 0.29) is 27.6 Å². The third-order valence-corrected chi connectivity index (χ3v) is 6.20. The number of benzene rings is 2. The van der Waals surface area contributed by atoms with E-state index in [4.69, 9.17) is 0 Å². The summed E-state index contributed by atoms with van der Waals surface area (Å²) in [5.41, 5.74) is -2.99. The number of hydrogen-bond donors (Lipinski definition) is 2. The van der Waals surface area contributed by atoms with E-state index in [1.165, 1.54) is 55.2 Å². The molecule has 4 rings (SSSR count). The lowest BCUT2D eigenvalue weighted by Gasteiger charge is -2.39. The van der Waals surface area contributed by atoms with E-state index in [0.29, 0.717) is 11.1 Å². The molecule has 9 heteroatoms. The van der Waals surface area contributed by atoms with Gasteiger partial charge in [-0.25, -0.2) is 9.97 Å². The molecule has 0 amide bonds. The molecule has 0 aliphatic rings. The Labute approximate surface area is 199 Å². The molecule has 0 aliphatic heterocycles.